The van der Waals surface area contributed by atoms with Crippen LogP contribution in [0.1, 0.15) is 20.8 Å². The van der Waals surface area contributed by atoms with E-state index in [1.54, 1.807) is 7.05 Å². The van der Waals surface area contributed by atoms with Crippen LogP contribution in [0.3, 0.4) is 0 Å². The van der Waals surface area contributed by atoms with Crippen molar-refractivity contribution in [1.82, 2.24) is 15.5 Å². The van der Waals surface area contributed by atoms with E-state index in [4.69, 9.17) is 0 Å². The summed E-state index contributed by atoms with van der Waals surface area (Å²) in [6, 6.07) is 6.62. The van der Waals surface area contributed by atoms with Gasteiger partial charge in [0.1, 0.15) is 5.82 Å². The summed E-state index contributed by atoms with van der Waals surface area (Å²) >= 11 is 0. The van der Waals surface area contributed by atoms with Crippen molar-refractivity contribution in [3.63, 3.8) is 0 Å². The molecule has 0 bridgehead atoms. The number of guanidine groups is 1. The number of amides is 1. The summed E-state index contributed by atoms with van der Waals surface area (Å²) in [5, 5.41) is 6.23. The molecule has 1 aromatic rings. The van der Waals surface area contributed by atoms with E-state index in [2.05, 4.69) is 25.4 Å². The topological polar surface area (TPSA) is 60.0 Å². The molecule has 1 aliphatic heterocycles. The van der Waals surface area contributed by atoms with Crippen molar-refractivity contribution in [2.45, 2.75) is 20.8 Å². The molecule has 0 atom stereocenters. The van der Waals surface area contributed by atoms with Gasteiger partial charge in [0, 0.05) is 57.4 Å². The van der Waals surface area contributed by atoms with Crippen molar-refractivity contribution in [3.8, 4) is 0 Å². The van der Waals surface area contributed by atoms with Crippen LogP contribution in [0.15, 0.2) is 29.3 Å². The Morgan fingerprint density at radius 1 is 1.07 bits per heavy atom. The highest BCUT2D eigenvalue weighted by Gasteiger charge is 2.21. The predicted octanol–water partition coefficient (Wildman–Crippen LogP) is 2.30. The number of carbonyl (C=O) groups is 1. The number of rotatable bonds is 4. The lowest BCUT2D eigenvalue weighted by Crippen LogP contribution is -2.53. The number of carbonyl (C=O) groups excluding carboxylic acids is 1. The van der Waals surface area contributed by atoms with Crippen LogP contribution in [-0.4, -0.2) is 63.1 Å². The summed E-state index contributed by atoms with van der Waals surface area (Å²) in [7, 11) is 1.77. The Hall–Kier alpha value is -1.58. The monoisotopic (exact) mass is 491 g/mol. The minimum atomic E-state index is -0.377. The second-order valence-electron chi connectivity index (χ2n) is 7.43. The highest BCUT2D eigenvalue weighted by molar-refractivity contribution is 14.0. The molecule has 1 aromatic carbocycles. The molecule has 0 saturated carbocycles. The Balaban J connectivity index is 0.00000364. The van der Waals surface area contributed by atoms with Gasteiger partial charge in [-0.05, 0) is 24.3 Å². The molecule has 2 rings (SSSR count). The van der Waals surface area contributed by atoms with Gasteiger partial charge in [0.2, 0.25) is 5.91 Å². The third kappa shape index (κ3) is 7.15. The first-order chi connectivity index (χ1) is 12.3. The summed E-state index contributed by atoms with van der Waals surface area (Å²) in [6.45, 7) is 10.3. The van der Waals surface area contributed by atoms with Gasteiger partial charge in [-0.1, -0.05) is 20.8 Å². The maximum atomic E-state index is 13.1. The molecule has 1 saturated heterocycles. The van der Waals surface area contributed by atoms with E-state index in [1.165, 1.54) is 12.1 Å². The zero-order chi connectivity index (χ0) is 19.2. The van der Waals surface area contributed by atoms with Gasteiger partial charge in [0.05, 0.1) is 0 Å². The van der Waals surface area contributed by atoms with Crippen LogP contribution < -0.4 is 15.5 Å². The van der Waals surface area contributed by atoms with Crippen LogP contribution >= 0.6 is 24.0 Å². The van der Waals surface area contributed by atoms with Crippen molar-refractivity contribution in [1.29, 1.82) is 0 Å². The molecule has 0 aromatic heterocycles. The fourth-order valence-corrected chi connectivity index (χ4v) is 2.78. The number of hydrogen-bond acceptors (Lipinski definition) is 3. The number of piperazine rings is 1. The van der Waals surface area contributed by atoms with Gasteiger partial charge in [-0.3, -0.25) is 9.79 Å². The maximum Gasteiger partial charge on any atom is 0.225 e. The van der Waals surface area contributed by atoms with Crippen molar-refractivity contribution in [2.75, 3.05) is 51.2 Å². The number of halogens is 2. The average molecular weight is 491 g/mol. The lowest BCUT2D eigenvalue weighted by atomic mass is 9.96. The van der Waals surface area contributed by atoms with Gasteiger partial charge in [0.15, 0.2) is 5.96 Å². The van der Waals surface area contributed by atoms with Crippen LogP contribution in [-0.2, 0) is 4.79 Å². The molecule has 27 heavy (non-hydrogen) atoms. The molecule has 1 heterocycles. The molecule has 0 spiro atoms. The van der Waals surface area contributed by atoms with E-state index >= 15 is 0 Å². The molecular formula is C19H31FIN5O. The summed E-state index contributed by atoms with van der Waals surface area (Å²) < 4.78 is 13.1. The Kier molecular flexibility index (Phi) is 9.28. The second-order valence-corrected chi connectivity index (χ2v) is 7.43. The van der Waals surface area contributed by atoms with Gasteiger partial charge < -0.3 is 20.4 Å². The Bertz CT molecular complexity index is 622. The molecule has 0 aliphatic carbocycles. The normalized spacial score (nSPS) is 15.2. The van der Waals surface area contributed by atoms with Crippen molar-refractivity contribution >= 4 is 41.5 Å². The highest BCUT2D eigenvalue weighted by Crippen LogP contribution is 2.17. The Morgan fingerprint density at radius 3 is 2.15 bits per heavy atom. The molecule has 0 radical (unpaired) electrons. The summed E-state index contributed by atoms with van der Waals surface area (Å²) in [6.07, 6.45) is 0. The van der Waals surface area contributed by atoms with Gasteiger partial charge >= 0.3 is 0 Å². The SMILES string of the molecule is CN=C(NCCNC(=O)C(C)(C)C)N1CCN(c2ccc(F)cc2)CC1.I. The minimum Gasteiger partial charge on any atom is -0.368 e. The minimum absolute atomic E-state index is 0. The van der Waals surface area contributed by atoms with Gasteiger partial charge in [-0.15, -0.1) is 24.0 Å². The first kappa shape index (κ1) is 23.5. The van der Waals surface area contributed by atoms with Crippen LogP contribution in [0.2, 0.25) is 0 Å². The zero-order valence-electron chi connectivity index (χ0n) is 16.6. The molecular weight excluding hydrogens is 460 g/mol. The quantitative estimate of drug-likeness (QED) is 0.294. The molecule has 8 heteroatoms. The summed E-state index contributed by atoms with van der Waals surface area (Å²) in [5.41, 5.74) is 0.664. The van der Waals surface area contributed by atoms with Crippen molar-refractivity contribution < 1.29 is 9.18 Å². The highest BCUT2D eigenvalue weighted by atomic mass is 127. The molecule has 6 nitrogen and oxygen atoms in total. The van der Waals surface area contributed by atoms with Crippen molar-refractivity contribution in [3.05, 3.63) is 30.1 Å². The van der Waals surface area contributed by atoms with Gasteiger partial charge in [-0.25, -0.2) is 4.39 Å². The number of aliphatic imine (C=N–C) groups is 1. The first-order valence-corrected chi connectivity index (χ1v) is 9.05. The number of hydrogen-bond donors (Lipinski definition) is 2. The molecule has 152 valence electrons. The molecule has 1 aliphatic rings. The smallest absolute Gasteiger partial charge is 0.225 e. The first-order valence-electron chi connectivity index (χ1n) is 9.05. The van der Waals surface area contributed by atoms with Crippen LogP contribution in [0.4, 0.5) is 10.1 Å². The third-order valence-corrected chi connectivity index (χ3v) is 4.36. The van der Waals surface area contributed by atoms with Crippen LogP contribution in [0.5, 0.6) is 0 Å². The van der Waals surface area contributed by atoms with E-state index in [9.17, 15) is 9.18 Å². The number of nitrogens with zero attached hydrogens (tertiary/aromatic N) is 3. The fourth-order valence-electron chi connectivity index (χ4n) is 2.78. The van der Waals surface area contributed by atoms with Crippen LogP contribution in [0, 0.1) is 11.2 Å². The Labute approximate surface area is 178 Å². The zero-order valence-corrected chi connectivity index (χ0v) is 18.9. The van der Waals surface area contributed by atoms with E-state index in [1.807, 2.05) is 32.9 Å². The van der Waals surface area contributed by atoms with Gasteiger partial charge in [0.25, 0.3) is 0 Å². The third-order valence-electron chi connectivity index (χ3n) is 4.36. The van der Waals surface area contributed by atoms with Gasteiger partial charge in [-0.2, -0.15) is 0 Å². The summed E-state index contributed by atoms with van der Waals surface area (Å²) in [5.74, 6) is 0.673. The number of benzene rings is 1. The second kappa shape index (κ2) is 10.7. The van der Waals surface area contributed by atoms with E-state index < -0.39 is 0 Å². The van der Waals surface area contributed by atoms with Crippen molar-refractivity contribution in [2.24, 2.45) is 10.4 Å². The Morgan fingerprint density at radius 2 is 1.63 bits per heavy atom. The molecule has 1 fully saturated rings. The van der Waals surface area contributed by atoms with E-state index in [0.717, 1.165) is 37.8 Å². The number of anilines is 1. The predicted molar refractivity (Wildman–Crippen MR) is 119 cm³/mol. The molecule has 0 unspecified atom stereocenters. The largest absolute Gasteiger partial charge is 0.368 e. The van der Waals surface area contributed by atoms with E-state index in [-0.39, 0.29) is 41.1 Å². The fraction of sp³-hybridized carbons (Fsp3) is 0.579. The standard InChI is InChI=1S/C19H30FN5O.HI/c1-19(2,3)17(26)22-9-10-23-18(21-4)25-13-11-24(12-14-25)16-7-5-15(20)6-8-16;/h5-8H,9-14H2,1-4H3,(H,21,23)(H,22,26);1H. The lowest BCUT2D eigenvalue weighted by Gasteiger charge is -2.37. The number of nitrogens with one attached hydrogen (secondary N) is 2. The summed E-state index contributed by atoms with van der Waals surface area (Å²) in [4.78, 5) is 20.6. The average Bonchev–Trinajstić information content (AvgIpc) is 2.62. The van der Waals surface area contributed by atoms with E-state index in [0.29, 0.717) is 13.1 Å². The lowest BCUT2D eigenvalue weighted by molar-refractivity contribution is -0.128. The van der Waals surface area contributed by atoms with Crippen LogP contribution in [0.25, 0.3) is 0 Å². The molecule has 1 amide bonds. The molecule has 2 N–H and O–H groups in total. The maximum absolute atomic E-state index is 13.1.